The summed E-state index contributed by atoms with van der Waals surface area (Å²) in [6.07, 6.45) is -0.416. The Morgan fingerprint density at radius 3 is 2.17 bits per heavy atom. The molecule has 0 aliphatic heterocycles. The van der Waals surface area contributed by atoms with E-state index in [0.29, 0.717) is 10.6 Å². The lowest BCUT2D eigenvalue weighted by atomic mass is 10.0. The zero-order valence-electron chi connectivity index (χ0n) is 12.3. The standard InChI is InChI=1S/C16H13ClN2O5/c17-12-5-1-10(2-6-12)14(9-15(20)21)18-16(22)11-3-7-13(8-4-11)19(23)24/h1-8,14H,9H2,(H,18,22)(H,20,21)/p-1/t14-/m1/s1. The van der Waals surface area contributed by atoms with Crippen LogP contribution in [0.5, 0.6) is 0 Å². The Morgan fingerprint density at radius 2 is 1.67 bits per heavy atom. The van der Waals surface area contributed by atoms with Crippen LogP contribution in [0.25, 0.3) is 0 Å². The molecule has 0 spiro atoms. The highest BCUT2D eigenvalue weighted by molar-refractivity contribution is 6.30. The Kier molecular flexibility index (Phi) is 5.49. The van der Waals surface area contributed by atoms with Gasteiger partial charge in [0.15, 0.2) is 0 Å². The third-order valence-corrected chi connectivity index (χ3v) is 3.54. The molecule has 24 heavy (non-hydrogen) atoms. The van der Waals surface area contributed by atoms with Crippen molar-refractivity contribution in [3.63, 3.8) is 0 Å². The van der Waals surface area contributed by atoms with Crippen LogP contribution in [0.4, 0.5) is 5.69 Å². The SMILES string of the molecule is O=C([O-])C[C@@H](NC(=O)c1ccc([N+](=O)[O-])cc1)c1ccc(Cl)cc1. The zero-order chi connectivity index (χ0) is 17.7. The van der Waals surface area contributed by atoms with Gasteiger partial charge in [-0.15, -0.1) is 0 Å². The minimum atomic E-state index is -1.32. The maximum Gasteiger partial charge on any atom is 0.269 e. The summed E-state index contributed by atoms with van der Waals surface area (Å²) >= 11 is 5.79. The van der Waals surface area contributed by atoms with E-state index in [1.165, 1.54) is 24.3 Å². The van der Waals surface area contributed by atoms with Crippen molar-refractivity contribution in [3.8, 4) is 0 Å². The number of nitrogens with one attached hydrogen (secondary N) is 1. The average molecular weight is 348 g/mol. The number of amides is 1. The zero-order valence-corrected chi connectivity index (χ0v) is 13.0. The van der Waals surface area contributed by atoms with Gasteiger partial charge < -0.3 is 15.2 Å². The number of carbonyl (C=O) groups is 2. The molecule has 2 rings (SSSR count). The van der Waals surface area contributed by atoms with E-state index in [9.17, 15) is 24.8 Å². The summed E-state index contributed by atoms with van der Waals surface area (Å²) in [6.45, 7) is 0. The number of hydrogen-bond acceptors (Lipinski definition) is 5. The van der Waals surface area contributed by atoms with Gasteiger partial charge in [-0.2, -0.15) is 0 Å². The number of aliphatic carboxylic acids is 1. The number of carbonyl (C=O) groups excluding carboxylic acids is 2. The van der Waals surface area contributed by atoms with Crippen molar-refractivity contribution in [2.24, 2.45) is 0 Å². The van der Waals surface area contributed by atoms with E-state index in [-0.39, 0.29) is 11.3 Å². The highest BCUT2D eigenvalue weighted by atomic mass is 35.5. The van der Waals surface area contributed by atoms with E-state index >= 15 is 0 Å². The van der Waals surface area contributed by atoms with Gasteiger partial charge in [0.1, 0.15) is 0 Å². The van der Waals surface area contributed by atoms with Crippen molar-refractivity contribution in [1.29, 1.82) is 0 Å². The van der Waals surface area contributed by atoms with Crippen molar-refractivity contribution in [2.45, 2.75) is 12.5 Å². The monoisotopic (exact) mass is 347 g/mol. The molecular weight excluding hydrogens is 336 g/mol. The molecule has 0 heterocycles. The summed E-state index contributed by atoms with van der Waals surface area (Å²) < 4.78 is 0. The van der Waals surface area contributed by atoms with Gasteiger partial charge in [0, 0.05) is 35.1 Å². The summed E-state index contributed by atoms with van der Waals surface area (Å²) in [5, 5.41) is 24.6. The van der Waals surface area contributed by atoms with Gasteiger partial charge in [-0.05, 0) is 29.8 Å². The number of halogens is 1. The maximum atomic E-state index is 12.2. The maximum absolute atomic E-state index is 12.2. The number of benzene rings is 2. The first-order valence-electron chi connectivity index (χ1n) is 6.87. The molecule has 2 aromatic carbocycles. The minimum absolute atomic E-state index is 0.143. The van der Waals surface area contributed by atoms with Crippen LogP contribution in [0, 0.1) is 10.1 Å². The van der Waals surface area contributed by atoms with Crippen LogP contribution in [0.3, 0.4) is 0 Å². The molecular formula is C16H12ClN2O5-. The summed E-state index contributed by atoms with van der Waals surface area (Å²) in [5.74, 6) is -1.87. The van der Waals surface area contributed by atoms with Crippen LogP contribution in [0.15, 0.2) is 48.5 Å². The summed E-state index contributed by atoms with van der Waals surface area (Å²) in [6, 6.07) is 10.6. The highest BCUT2D eigenvalue weighted by Gasteiger charge is 2.17. The summed E-state index contributed by atoms with van der Waals surface area (Å²) in [5.41, 5.74) is 0.590. The fraction of sp³-hybridized carbons (Fsp3) is 0.125. The predicted octanol–water partition coefficient (Wildman–Crippen LogP) is 1.86. The molecule has 1 amide bonds. The number of carboxylic acid groups (broad SMARTS) is 1. The molecule has 0 saturated heterocycles. The van der Waals surface area contributed by atoms with Gasteiger partial charge >= 0.3 is 0 Å². The topological polar surface area (TPSA) is 112 Å². The van der Waals surface area contributed by atoms with Crippen molar-refractivity contribution < 1.29 is 19.6 Å². The first-order valence-corrected chi connectivity index (χ1v) is 7.25. The molecule has 1 atom stereocenters. The second-order valence-corrected chi connectivity index (χ2v) is 5.39. The molecule has 0 unspecified atom stereocenters. The van der Waals surface area contributed by atoms with Crippen LogP contribution in [-0.2, 0) is 4.79 Å². The fourth-order valence-electron chi connectivity index (χ4n) is 2.09. The Balaban J connectivity index is 2.18. The van der Waals surface area contributed by atoms with Gasteiger partial charge in [-0.1, -0.05) is 23.7 Å². The lowest BCUT2D eigenvalue weighted by molar-refractivity contribution is -0.384. The average Bonchev–Trinajstić information content (AvgIpc) is 2.54. The minimum Gasteiger partial charge on any atom is -0.550 e. The van der Waals surface area contributed by atoms with Gasteiger partial charge in [0.2, 0.25) is 0 Å². The number of nitrogens with zero attached hydrogens (tertiary/aromatic N) is 1. The number of rotatable bonds is 6. The molecule has 1 N–H and O–H groups in total. The molecule has 0 fully saturated rings. The van der Waals surface area contributed by atoms with Crippen LogP contribution < -0.4 is 10.4 Å². The lowest BCUT2D eigenvalue weighted by Gasteiger charge is -2.20. The Bertz CT molecular complexity index is 759. The number of nitro groups is 1. The highest BCUT2D eigenvalue weighted by Crippen LogP contribution is 2.20. The van der Waals surface area contributed by atoms with E-state index in [1.54, 1.807) is 24.3 Å². The number of non-ortho nitro benzene ring substituents is 1. The normalized spacial score (nSPS) is 11.5. The quantitative estimate of drug-likeness (QED) is 0.633. The van der Waals surface area contributed by atoms with E-state index in [2.05, 4.69) is 5.32 Å². The Hall–Kier alpha value is -2.93. The Morgan fingerprint density at radius 1 is 1.08 bits per heavy atom. The Labute approximate surface area is 142 Å². The van der Waals surface area contributed by atoms with Crippen LogP contribution in [0.1, 0.15) is 28.4 Å². The van der Waals surface area contributed by atoms with Gasteiger partial charge in [0.05, 0.1) is 11.0 Å². The number of hydrogen-bond donors (Lipinski definition) is 1. The number of nitro benzene ring substituents is 1. The van der Waals surface area contributed by atoms with Crippen molar-refractivity contribution in [2.75, 3.05) is 0 Å². The lowest BCUT2D eigenvalue weighted by Crippen LogP contribution is -2.34. The smallest absolute Gasteiger partial charge is 0.269 e. The van der Waals surface area contributed by atoms with Crippen molar-refractivity contribution in [3.05, 3.63) is 74.8 Å². The van der Waals surface area contributed by atoms with E-state index in [1.807, 2.05) is 0 Å². The summed E-state index contributed by atoms with van der Waals surface area (Å²) in [7, 11) is 0. The number of carboxylic acids is 1. The van der Waals surface area contributed by atoms with Crippen LogP contribution >= 0.6 is 11.6 Å². The molecule has 0 bridgehead atoms. The molecule has 7 nitrogen and oxygen atoms in total. The second-order valence-electron chi connectivity index (χ2n) is 4.96. The van der Waals surface area contributed by atoms with Crippen LogP contribution in [-0.4, -0.2) is 16.8 Å². The third kappa shape index (κ3) is 4.53. The first kappa shape index (κ1) is 17.4. The van der Waals surface area contributed by atoms with Crippen molar-refractivity contribution in [1.82, 2.24) is 5.32 Å². The van der Waals surface area contributed by atoms with E-state index < -0.39 is 29.3 Å². The third-order valence-electron chi connectivity index (χ3n) is 3.29. The van der Waals surface area contributed by atoms with E-state index in [0.717, 1.165) is 0 Å². The molecule has 2 aromatic rings. The largest absolute Gasteiger partial charge is 0.550 e. The predicted molar refractivity (Wildman–Crippen MR) is 84.4 cm³/mol. The summed E-state index contributed by atoms with van der Waals surface area (Å²) in [4.78, 5) is 33.2. The molecule has 124 valence electrons. The molecule has 0 aliphatic carbocycles. The fourth-order valence-corrected chi connectivity index (χ4v) is 2.22. The molecule has 8 heteroatoms. The second kappa shape index (κ2) is 7.56. The van der Waals surface area contributed by atoms with Crippen LogP contribution in [0.2, 0.25) is 5.02 Å². The molecule has 0 aromatic heterocycles. The van der Waals surface area contributed by atoms with Gasteiger partial charge in [-0.25, -0.2) is 0 Å². The van der Waals surface area contributed by atoms with Gasteiger partial charge in [0.25, 0.3) is 11.6 Å². The van der Waals surface area contributed by atoms with Gasteiger partial charge in [-0.3, -0.25) is 14.9 Å². The first-order chi connectivity index (χ1) is 11.4. The molecule has 0 radical (unpaired) electrons. The van der Waals surface area contributed by atoms with E-state index in [4.69, 9.17) is 11.6 Å². The molecule has 0 aliphatic rings. The van der Waals surface area contributed by atoms with Crippen molar-refractivity contribution >= 4 is 29.2 Å². The molecule has 0 saturated carbocycles.